The predicted molar refractivity (Wildman–Crippen MR) is 84.5 cm³/mol. The van der Waals surface area contributed by atoms with Crippen molar-refractivity contribution in [3.63, 3.8) is 0 Å². The van der Waals surface area contributed by atoms with Crippen LogP contribution in [0.1, 0.15) is 35.2 Å². The van der Waals surface area contributed by atoms with Crippen molar-refractivity contribution in [1.29, 1.82) is 0 Å². The molecule has 2 aromatic carbocycles. The van der Waals surface area contributed by atoms with E-state index < -0.39 is 0 Å². The van der Waals surface area contributed by atoms with Crippen molar-refractivity contribution in [2.24, 2.45) is 0 Å². The molecular weight excluding hydrogens is 260 g/mol. The van der Waals surface area contributed by atoms with Gasteiger partial charge >= 0.3 is 0 Å². The molecule has 0 aromatic heterocycles. The Morgan fingerprint density at radius 1 is 1.24 bits per heavy atom. The van der Waals surface area contributed by atoms with Gasteiger partial charge in [-0.3, -0.25) is 4.79 Å². The van der Waals surface area contributed by atoms with Crippen molar-refractivity contribution in [1.82, 2.24) is 10.6 Å². The average molecular weight is 280 g/mol. The van der Waals surface area contributed by atoms with E-state index in [0.29, 0.717) is 18.1 Å². The molecular formula is C18H20N2O. The summed E-state index contributed by atoms with van der Waals surface area (Å²) < 4.78 is 0. The summed E-state index contributed by atoms with van der Waals surface area (Å²) in [6, 6.07) is 13.6. The lowest BCUT2D eigenvalue weighted by atomic mass is 9.95. The first-order valence-electron chi connectivity index (χ1n) is 7.77. The number of hydrogen-bond donors (Lipinski definition) is 2. The van der Waals surface area contributed by atoms with Gasteiger partial charge in [0.25, 0.3) is 5.91 Å². The largest absolute Gasteiger partial charge is 0.348 e. The summed E-state index contributed by atoms with van der Waals surface area (Å²) in [4.78, 5) is 12.5. The summed E-state index contributed by atoms with van der Waals surface area (Å²) in [7, 11) is 0. The number of hydrogen-bond acceptors (Lipinski definition) is 2. The fourth-order valence-corrected chi connectivity index (χ4v) is 3.82. The summed E-state index contributed by atoms with van der Waals surface area (Å²) in [6.45, 7) is 2.10. The lowest BCUT2D eigenvalue weighted by molar-refractivity contribution is 0.0931. The van der Waals surface area contributed by atoms with Crippen molar-refractivity contribution in [3.8, 4) is 0 Å². The van der Waals surface area contributed by atoms with Crippen LogP contribution in [0.2, 0.25) is 0 Å². The number of amides is 1. The minimum atomic E-state index is 0.0535. The van der Waals surface area contributed by atoms with Gasteiger partial charge in [-0.2, -0.15) is 0 Å². The third-order valence-electron chi connectivity index (χ3n) is 4.98. The van der Waals surface area contributed by atoms with Gasteiger partial charge in [-0.05, 0) is 54.7 Å². The molecule has 2 saturated heterocycles. The van der Waals surface area contributed by atoms with Gasteiger partial charge in [-0.25, -0.2) is 0 Å². The van der Waals surface area contributed by atoms with Crippen LogP contribution in [0.3, 0.4) is 0 Å². The molecule has 2 bridgehead atoms. The summed E-state index contributed by atoms with van der Waals surface area (Å²) in [5, 5.41) is 9.11. The molecule has 2 heterocycles. The minimum absolute atomic E-state index is 0.0535. The van der Waals surface area contributed by atoms with Crippen LogP contribution in [0.4, 0.5) is 0 Å². The Labute approximate surface area is 124 Å². The zero-order chi connectivity index (χ0) is 14.4. The number of carbonyl (C=O) groups excluding carboxylic acids is 1. The number of aryl methyl sites for hydroxylation is 1. The van der Waals surface area contributed by atoms with Crippen LogP contribution in [0, 0.1) is 6.92 Å². The molecule has 108 valence electrons. The van der Waals surface area contributed by atoms with Crippen LogP contribution < -0.4 is 10.6 Å². The Kier molecular flexibility index (Phi) is 2.96. The van der Waals surface area contributed by atoms with Crippen molar-refractivity contribution in [2.75, 3.05) is 0 Å². The molecule has 3 unspecified atom stereocenters. The molecule has 0 spiro atoms. The molecule has 2 aliphatic rings. The SMILES string of the molecule is Cc1cccc2cc(C(=O)NC3CC4CCC3N4)ccc12. The highest BCUT2D eigenvalue weighted by Crippen LogP contribution is 2.28. The first-order valence-corrected chi connectivity index (χ1v) is 7.77. The Morgan fingerprint density at radius 2 is 2.14 bits per heavy atom. The molecule has 2 aliphatic heterocycles. The van der Waals surface area contributed by atoms with E-state index in [1.807, 2.05) is 18.2 Å². The maximum Gasteiger partial charge on any atom is 0.251 e. The van der Waals surface area contributed by atoms with Gasteiger partial charge in [-0.15, -0.1) is 0 Å². The highest BCUT2D eigenvalue weighted by molar-refractivity contribution is 5.99. The van der Waals surface area contributed by atoms with Crippen LogP contribution >= 0.6 is 0 Å². The molecule has 21 heavy (non-hydrogen) atoms. The first kappa shape index (κ1) is 12.8. The van der Waals surface area contributed by atoms with Gasteiger partial charge in [0.15, 0.2) is 0 Å². The van der Waals surface area contributed by atoms with Crippen LogP contribution in [0.5, 0.6) is 0 Å². The normalized spacial score (nSPS) is 27.2. The van der Waals surface area contributed by atoms with Gasteiger partial charge in [0.2, 0.25) is 0 Å². The van der Waals surface area contributed by atoms with E-state index in [0.717, 1.165) is 17.4 Å². The molecule has 3 atom stereocenters. The number of benzene rings is 2. The lowest BCUT2D eigenvalue weighted by Gasteiger charge is -2.21. The number of nitrogens with one attached hydrogen (secondary N) is 2. The summed E-state index contributed by atoms with van der Waals surface area (Å²) in [6.07, 6.45) is 3.52. The van der Waals surface area contributed by atoms with E-state index in [-0.39, 0.29) is 5.91 Å². The smallest absolute Gasteiger partial charge is 0.251 e. The zero-order valence-electron chi connectivity index (χ0n) is 12.2. The van der Waals surface area contributed by atoms with Crippen LogP contribution in [0.15, 0.2) is 36.4 Å². The van der Waals surface area contributed by atoms with Gasteiger partial charge in [0, 0.05) is 23.7 Å². The van der Waals surface area contributed by atoms with Crippen molar-refractivity contribution in [3.05, 3.63) is 47.5 Å². The summed E-state index contributed by atoms with van der Waals surface area (Å²) in [5.41, 5.74) is 2.01. The molecule has 2 N–H and O–H groups in total. The molecule has 1 amide bonds. The van der Waals surface area contributed by atoms with E-state index in [9.17, 15) is 4.79 Å². The Balaban J connectivity index is 1.57. The third-order valence-corrected chi connectivity index (χ3v) is 4.98. The minimum Gasteiger partial charge on any atom is -0.348 e. The summed E-state index contributed by atoms with van der Waals surface area (Å²) in [5.74, 6) is 0.0535. The van der Waals surface area contributed by atoms with E-state index in [1.165, 1.54) is 23.8 Å². The Bertz CT molecular complexity index is 709. The number of fused-ring (bicyclic) bond motifs is 3. The fraction of sp³-hybridized carbons (Fsp3) is 0.389. The topological polar surface area (TPSA) is 41.1 Å². The quantitative estimate of drug-likeness (QED) is 0.888. The third kappa shape index (κ3) is 2.22. The highest BCUT2D eigenvalue weighted by atomic mass is 16.1. The van der Waals surface area contributed by atoms with Crippen molar-refractivity contribution >= 4 is 16.7 Å². The standard InChI is InChI=1S/C18H20N2O/c1-11-3-2-4-12-9-13(5-7-15(11)12)18(21)20-17-10-14-6-8-16(17)19-14/h2-5,7,9,14,16-17,19H,6,8,10H2,1H3,(H,20,21). The van der Waals surface area contributed by atoms with Gasteiger partial charge in [-0.1, -0.05) is 24.3 Å². The van der Waals surface area contributed by atoms with Gasteiger partial charge < -0.3 is 10.6 Å². The molecule has 3 heteroatoms. The zero-order valence-corrected chi connectivity index (χ0v) is 12.2. The maximum absolute atomic E-state index is 12.5. The van der Waals surface area contributed by atoms with Crippen molar-refractivity contribution < 1.29 is 4.79 Å². The van der Waals surface area contributed by atoms with E-state index in [1.54, 1.807) is 0 Å². The van der Waals surface area contributed by atoms with Crippen molar-refractivity contribution in [2.45, 2.75) is 44.3 Å². The van der Waals surface area contributed by atoms with Crippen LogP contribution in [0.25, 0.3) is 10.8 Å². The second kappa shape index (κ2) is 4.85. The molecule has 2 fully saturated rings. The summed E-state index contributed by atoms with van der Waals surface area (Å²) >= 11 is 0. The van der Waals surface area contributed by atoms with Crippen LogP contribution in [-0.4, -0.2) is 24.0 Å². The van der Waals surface area contributed by atoms with E-state index >= 15 is 0 Å². The average Bonchev–Trinajstić information content (AvgIpc) is 3.09. The second-order valence-electron chi connectivity index (χ2n) is 6.37. The molecule has 3 nitrogen and oxygen atoms in total. The van der Waals surface area contributed by atoms with Gasteiger partial charge in [0.1, 0.15) is 0 Å². The maximum atomic E-state index is 12.5. The monoisotopic (exact) mass is 280 g/mol. The van der Waals surface area contributed by atoms with Crippen LogP contribution in [-0.2, 0) is 0 Å². The Hall–Kier alpha value is -1.87. The molecule has 0 saturated carbocycles. The molecule has 2 aromatic rings. The highest BCUT2D eigenvalue weighted by Gasteiger charge is 2.39. The lowest BCUT2D eigenvalue weighted by Crippen LogP contribution is -2.42. The van der Waals surface area contributed by atoms with E-state index in [4.69, 9.17) is 0 Å². The predicted octanol–water partition coefficient (Wildman–Crippen LogP) is 2.77. The molecule has 0 radical (unpaired) electrons. The molecule has 0 aliphatic carbocycles. The fourth-order valence-electron chi connectivity index (χ4n) is 3.82. The first-order chi connectivity index (χ1) is 10.2. The van der Waals surface area contributed by atoms with E-state index in [2.05, 4.69) is 35.8 Å². The Morgan fingerprint density at radius 3 is 2.90 bits per heavy atom. The van der Waals surface area contributed by atoms with Gasteiger partial charge in [0.05, 0.1) is 0 Å². The molecule has 4 rings (SSSR count). The number of rotatable bonds is 2. The second-order valence-corrected chi connectivity index (χ2v) is 6.37. The number of carbonyl (C=O) groups is 1.